The first-order valence-corrected chi connectivity index (χ1v) is 8.94. The molecule has 1 aromatic rings. The number of methoxy groups -OCH3 is 1. The molecule has 25 heavy (non-hydrogen) atoms. The molecule has 0 saturated heterocycles. The molecule has 2 rings (SSSR count). The average molecular weight is 383 g/mol. The lowest BCUT2D eigenvalue weighted by atomic mass is 9.92. The number of nitrogens with zero attached hydrogens (tertiary/aromatic N) is 1. The van der Waals surface area contributed by atoms with Gasteiger partial charge in [-0.1, -0.05) is 11.6 Å². The van der Waals surface area contributed by atoms with E-state index in [1.54, 1.807) is 20.1 Å². The molecule has 0 saturated carbocycles. The molecule has 1 N–H and O–H groups in total. The lowest BCUT2D eigenvalue weighted by molar-refractivity contribution is -0.114. The van der Waals surface area contributed by atoms with Gasteiger partial charge in [0.05, 0.1) is 24.8 Å². The maximum atomic E-state index is 12.3. The predicted octanol–water partition coefficient (Wildman–Crippen LogP) is 3.86. The third-order valence-corrected chi connectivity index (χ3v) is 4.78. The highest BCUT2D eigenvalue weighted by Crippen LogP contribution is 2.40. The van der Waals surface area contributed by atoms with E-state index in [1.807, 2.05) is 31.7 Å². The molecular weight excluding hydrogens is 360 g/mol. The number of allylic oxidation sites excluding steroid dienone is 1. The van der Waals surface area contributed by atoms with Crippen LogP contribution in [-0.2, 0) is 4.79 Å². The summed E-state index contributed by atoms with van der Waals surface area (Å²) in [4.78, 5) is 14.2. The molecule has 1 aromatic carbocycles. The van der Waals surface area contributed by atoms with Crippen LogP contribution < -0.4 is 14.8 Å². The van der Waals surface area contributed by atoms with Gasteiger partial charge < -0.3 is 19.7 Å². The van der Waals surface area contributed by atoms with E-state index < -0.39 is 0 Å². The Labute approximate surface area is 158 Å². The van der Waals surface area contributed by atoms with Crippen molar-refractivity contribution in [2.45, 2.75) is 33.7 Å². The zero-order chi connectivity index (χ0) is 18.7. The summed E-state index contributed by atoms with van der Waals surface area (Å²) in [5, 5.41) is 4.26. The summed E-state index contributed by atoms with van der Waals surface area (Å²) < 4.78 is 11.0. The van der Waals surface area contributed by atoms with E-state index in [2.05, 4.69) is 5.32 Å². The van der Waals surface area contributed by atoms with Crippen molar-refractivity contribution in [3.05, 3.63) is 34.0 Å². The highest BCUT2D eigenvalue weighted by Gasteiger charge is 2.32. The van der Waals surface area contributed by atoms with E-state index >= 15 is 0 Å². The fourth-order valence-corrected chi connectivity index (χ4v) is 3.72. The van der Waals surface area contributed by atoms with Crippen LogP contribution in [0.3, 0.4) is 0 Å². The SMILES string of the molecule is CCOc1c(Cl)cc(C2NC(=S)N(CC)C(C)=C2C(C)=O)cc1OC. The van der Waals surface area contributed by atoms with Gasteiger partial charge in [0.2, 0.25) is 0 Å². The van der Waals surface area contributed by atoms with Gasteiger partial charge in [-0.25, -0.2) is 0 Å². The number of hydrogen-bond acceptors (Lipinski definition) is 4. The Morgan fingerprint density at radius 1 is 1.40 bits per heavy atom. The standard InChI is InChI=1S/C18H23ClN2O3S/c1-6-21-10(3)15(11(4)22)16(20-18(21)25)12-8-13(19)17(24-7-2)14(9-12)23-5/h8-9,16H,6-7H2,1-5H3,(H,20,25). The van der Waals surface area contributed by atoms with Crippen molar-refractivity contribution in [3.8, 4) is 11.5 Å². The summed E-state index contributed by atoms with van der Waals surface area (Å²) in [6.45, 7) is 8.51. The number of Topliss-reactive ketones (excluding diaryl/α,β-unsaturated/α-hetero) is 1. The van der Waals surface area contributed by atoms with Crippen LogP contribution in [0.4, 0.5) is 0 Å². The zero-order valence-electron chi connectivity index (χ0n) is 15.1. The quantitative estimate of drug-likeness (QED) is 0.754. The summed E-state index contributed by atoms with van der Waals surface area (Å²) in [5.74, 6) is 1.00. The van der Waals surface area contributed by atoms with Crippen molar-refractivity contribution in [2.24, 2.45) is 0 Å². The van der Waals surface area contributed by atoms with Crippen LogP contribution in [-0.4, -0.2) is 36.1 Å². The molecule has 0 fully saturated rings. The first-order valence-electron chi connectivity index (χ1n) is 8.15. The van der Waals surface area contributed by atoms with Crippen molar-refractivity contribution < 1.29 is 14.3 Å². The second kappa shape index (κ2) is 8.06. The molecule has 1 aliphatic rings. The lowest BCUT2D eigenvalue weighted by Gasteiger charge is -2.37. The molecule has 136 valence electrons. The fourth-order valence-electron chi connectivity index (χ4n) is 3.06. The molecule has 1 heterocycles. The van der Waals surface area contributed by atoms with Crippen molar-refractivity contribution in [1.29, 1.82) is 0 Å². The molecule has 1 aliphatic heterocycles. The van der Waals surface area contributed by atoms with E-state index in [4.69, 9.17) is 33.3 Å². The van der Waals surface area contributed by atoms with Crippen LogP contribution >= 0.6 is 23.8 Å². The Morgan fingerprint density at radius 2 is 2.08 bits per heavy atom. The normalized spacial score (nSPS) is 17.4. The summed E-state index contributed by atoms with van der Waals surface area (Å²) in [6, 6.07) is 3.23. The van der Waals surface area contributed by atoms with Gasteiger partial charge in [-0.3, -0.25) is 4.79 Å². The Bertz CT molecular complexity index is 733. The molecule has 0 aromatic heterocycles. The minimum atomic E-state index is -0.380. The number of nitrogens with one attached hydrogen (secondary N) is 1. The van der Waals surface area contributed by atoms with Crippen LogP contribution in [0.15, 0.2) is 23.4 Å². The average Bonchev–Trinajstić information content (AvgIpc) is 2.55. The highest BCUT2D eigenvalue weighted by atomic mass is 35.5. The maximum Gasteiger partial charge on any atom is 0.179 e. The second-order valence-corrected chi connectivity index (χ2v) is 6.44. The largest absolute Gasteiger partial charge is 0.493 e. The number of halogens is 1. The van der Waals surface area contributed by atoms with Gasteiger partial charge in [-0.15, -0.1) is 0 Å². The fraction of sp³-hybridized carbons (Fsp3) is 0.444. The van der Waals surface area contributed by atoms with Gasteiger partial charge in [-0.05, 0) is 57.6 Å². The van der Waals surface area contributed by atoms with Crippen molar-refractivity contribution >= 4 is 34.7 Å². The third-order valence-electron chi connectivity index (χ3n) is 4.17. The third kappa shape index (κ3) is 3.75. The van der Waals surface area contributed by atoms with E-state index in [9.17, 15) is 4.79 Å². The molecular formula is C18H23ClN2O3S. The van der Waals surface area contributed by atoms with Crippen LogP contribution in [0.5, 0.6) is 11.5 Å². The van der Waals surface area contributed by atoms with Gasteiger partial charge in [-0.2, -0.15) is 0 Å². The van der Waals surface area contributed by atoms with Crippen LogP contribution in [0.25, 0.3) is 0 Å². The molecule has 0 bridgehead atoms. The minimum absolute atomic E-state index is 0.0140. The molecule has 1 unspecified atom stereocenters. The van der Waals surface area contributed by atoms with E-state index in [0.29, 0.717) is 40.4 Å². The Balaban J connectivity index is 2.60. The van der Waals surface area contributed by atoms with Gasteiger partial charge in [0.1, 0.15) is 0 Å². The topological polar surface area (TPSA) is 50.8 Å². The highest BCUT2D eigenvalue weighted by molar-refractivity contribution is 7.80. The molecule has 0 amide bonds. The molecule has 0 aliphatic carbocycles. The predicted molar refractivity (Wildman–Crippen MR) is 103 cm³/mol. The van der Waals surface area contributed by atoms with Gasteiger partial charge in [0.15, 0.2) is 22.4 Å². The lowest BCUT2D eigenvalue weighted by Crippen LogP contribution is -2.47. The Morgan fingerprint density at radius 3 is 2.60 bits per heavy atom. The van der Waals surface area contributed by atoms with Crippen molar-refractivity contribution in [1.82, 2.24) is 10.2 Å². The first kappa shape index (κ1) is 19.5. The summed E-state index contributed by atoms with van der Waals surface area (Å²) in [5.41, 5.74) is 2.32. The van der Waals surface area contributed by atoms with Crippen LogP contribution in [0.2, 0.25) is 5.02 Å². The Hall–Kier alpha value is -1.79. The number of benzene rings is 1. The number of hydrogen-bond donors (Lipinski definition) is 1. The minimum Gasteiger partial charge on any atom is -0.493 e. The van der Waals surface area contributed by atoms with Crippen LogP contribution in [0.1, 0.15) is 39.3 Å². The smallest absolute Gasteiger partial charge is 0.179 e. The summed E-state index contributed by atoms with van der Waals surface area (Å²) in [6.07, 6.45) is 0. The molecule has 0 radical (unpaired) electrons. The molecule has 1 atom stereocenters. The first-order chi connectivity index (χ1) is 11.8. The number of thiocarbonyl (C=S) groups is 1. The second-order valence-electron chi connectivity index (χ2n) is 5.65. The van der Waals surface area contributed by atoms with Crippen LogP contribution in [0, 0.1) is 0 Å². The zero-order valence-corrected chi connectivity index (χ0v) is 16.7. The molecule has 5 nitrogen and oxygen atoms in total. The van der Waals surface area contributed by atoms with E-state index in [1.165, 1.54) is 0 Å². The summed E-state index contributed by atoms with van der Waals surface area (Å²) >= 11 is 11.9. The van der Waals surface area contributed by atoms with Crippen molar-refractivity contribution in [2.75, 3.05) is 20.3 Å². The van der Waals surface area contributed by atoms with E-state index in [-0.39, 0.29) is 11.8 Å². The van der Waals surface area contributed by atoms with Gasteiger partial charge in [0, 0.05) is 17.8 Å². The van der Waals surface area contributed by atoms with Gasteiger partial charge >= 0.3 is 0 Å². The number of carbonyl (C=O) groups excluding carboxylic acids is 1. The van der Waals surface area contributed by atoms with Crippen molar-refractivity contribution in [3.63, 3.8) is 0 Å². The number of rotatable bonds is 6. The molecule has 7 heteroatoms. The molecule has 0 spiro atoms. The monoisotopic (exact) mass is 382 g/mol. The maximum absolute atomic E-state index is 12.3. The number of ether oxygens (including phenoxy) is 2. The van der Waals surface area contributed by atoms with Gasteiger partial charge in [0.25, 0.3) is 0 Å². The number of carbonyl (C=O) groups is 1. The van der Waals surface area contributed by atoms with E-state index in [0.717, 1.165) is 11.3 Å². The summed E-state index contributed by atoms with van der Waals surface area (Å²) in [7, 11) is 1.56. The Kier molecular flexibility index (Phi) is 6.30. The number of ketones is 1.